The summed E-state index contributed by atoms with van der Waals surface area (Å²) >= 11 is 1.78. The molecule has 2 aromatic heterocycles. The Balaban J connectivity index is 1.89. The van der Waals surface area contributed by atoms with Crippen molar-refractivity contribution < 1.29 is 0 Å². The number of nitrogens with zero attached hydrogens (tertiary/aromatic N) is 3. The highest BCUT2D eigenvalue weighted by atomic mass is 32.1. The van der Waals surface area contributed by atoms with Gasteiger partial charge in [0.25, 0.3) is 0 Å². The Bertz CT molecular complexity index is 538. The molecule has 0 fully saturated rings. The van der Waals surface area contributed by atoms with Crippen molar-refractivity contribution in [1.29, 1.82) is 0 Å². The Labute approximate surface area is 117 Å². The van der Waals surface area contributed by atoms with E-state index in [2.05, 4.69) is 22.2 Å². The molecule has 0 spiro atoms. The van der Waals surface area contributed by atoms with Gasteiger partial charge in [0.2, 0.25) is 0 Å². The predicted octanol–water partition coefficient (Wildman–Crippen LogP) is 2.98. The normalized spacial score (nSPS) is 18.3. The lowest BCUT2D eigenvalue weighted by Crippen LogP contribution is -2.25. The number of hydrogen-bond acceptors (Lipinski definition) is 5. The molecule has 0 bridgehead atoms. The Morgan fingerprint density at radius 3 is 3.21 bits per heavy atom. The van der Waals surface area contributed by atoms with E-state index >= 15 is 0 Å². The highest BCUT2D eigenvalue weighted by Crippen LogP contribution is 2.36. The SMILES string of the molecule is CCCNC1CCCc2sc(-c3ccncn3)nc21. The first-order chi connectivity index (χ1) is 9.38. The highest BCUT2D eigenvalue weighted by Gasteiger charge is 2.24. The summed E-state index contributed by atoms with van der Waals surface area (Å²) in [6.07, 6.45) is 8.12. The minimum Gasteiger partial charge on any atom is -0.309 e. The average molecular weight is 274 g/mol. The van der Waals surface area contributed by atoms with Crippen LogP contribution in [0.15, 0.2) is 18.6 Å². The lowest BCUT2D eigenvalue weighted by molar-refractivity contribution is 0.454. The third-order valence-electron chi connectivity index (χ3n) is 3.40. The fourth-order valence-corrected chi connectivity index (χ4v) is 3.60. The van der Waals surface area contributed by atoms with E-state index in [4.69, 9.17) is 4.98 Å². The van der Waals surface area contributed by atoms with Crippen LogP contribution in [0.4, 0.5) is 0 Å². The largest absolute Gasteiger partial charge is 0.309 e. The van der Waals surface area contributed by atoms with Gasteiger partial charge in [-0.1, -0.05) is 6.92 Å². The maximum atomic E-state index is 4.82. The number of hydrogen-bond donors (Lipinski definition) is 1. The molecular formula is C14H18N4S. The average Bonchev–Trinajstić information content (AvgIpc) is 2.90. The van der Waals surface area contributed by atoms with Crippen LogP contribution in [-0.2, 0) is 6.42 Å². The molecule has 0 amide bonds. The van der Waals surface area contributed by atoms with Gasteiger partial charge in [-0.2, -0.15) is 0 Å². The van der Waals surface area contributed by atoms with Gasteiger partial charge in [-0.15, -0.1) is 11.3 Å². The molecule has 19 heavy (non-hydrogen) atoms. The standard InChI is InChI=1S/C14H18N4S/c1-2-7-16-10-4-3-5-12-13(10)18-14(19-12)11-6-8-15-9-17-11/h6,8-10,16H,2-5,7H2,1H3. The zero-order valence-electron chi connectivity index (χ0n) is 11.1. The molecule has 1 aliphatic rings. The van der Waals surface area contributed by atoms with Gasteiger partial charge in [0.1, 0.15) is 17.0 Å². The molecule has 3 rings (SSSR count). The van der Waals surface area contributed by atoms with Crippen molar-refractivity contribution in [3.8, 4) is 10.7 Å². The summed E-state index contributed by atoms with van der Waals surface area (Å²) in [6, 6.07) is 2.36. The first-order valence-electron chi connectivity index (χ1n) is 6.88. The van der Waals surface area contributed by atoms with Crippen molar-refractivity contribution in [3.63, 3.8) is 0 Å². The maximum absolute atomic E-state index is 4.82. The molecule has 1 aliphatic carbocycles. The Morgan fingerprint density at radius 2 is 2.42 bits per heavy atom. The van der Waals surface area contributed by atoms with E-state index in [1.165, 1.54) is 23.4 Å². The zero-order valence-corrected chi connectivity index (χ0v) is 11.9. The van der Waals surface area contributed by atoms with Crippen molar-refractivity contribution in [2.45, 2.75) is 38.6 Å². The molecule has 0 radical (unpaired) electrons. The van der Waals surface area contributed by atoms with Gasteiger partial charge in [0.15, 0.2) is 0 Å². The van der Waals surface area contributed by atoms with Crippen LogP contribution >= 0.6 is 11.3 Å². The zero-order chi connectivity index (χ0) is 13.1. The van der Waals surface area contributed by atoms with Crippen LogP contribution in [0.1, 0.15) is 42.8 Å². The first kappa shape index (κ1) is 12.7. The number of aryl methyl sites for hydroxylation is 1. The molecule has 2 aromatic rings. The van der Waals surface area contributed by atoms with Crippen molar-refractivity contribution in [2.75, 3.05) is 6.54 Å². The number of thiazole rings is 1. The molecule has 1 unspecified atom stereocenters. The molecule has 1 N–H and O–H groups in total. The third-order valence-corrected chi connectivity index (χ3v) is 4.55. The van der Waals surface area contributed by atoms with E-state index in [1.807, 2.05) is 6.07 Å². The molecule has 0 aromatic carbocycles. The number of nitrogens with one attached hydrogen (secondary N) is 1. The van der Waals surface area contributed by atoms with Crippen molar-refractivity contribution >= 4 is 11.3 Å². The monoisotopic (exact) mass is 274 g/mol. The molecular weight excluding hydrogens is 256 g/mol. The van der Waals surface area contributed by atoms with Crippen LogP contribution < -0.4 is 5.32 Å². The first-order valence-corrected chi connectivity index (χ1v) is 7.69. The molecule has 0 aliphatic heterocycles. The van der Waals surface area contributed by atoms with E-state index in [9.17, 15) is 0 Å². The fourth-order valence-electron chi connectivity index (χ4n) is 2.46. The molecule has 0 saturated carbocycles. The highest BCUT2D eigenvalue weighted by molar-refractivity contribution is 7.15. The molecule has 100 valence electrons. The number of fused-ring (bicyclic) bond motifs is 1. The summed E-state index contributed by atoms with van der Waals surface area (Å²) in [5.74, 6) is 0. The van der Waals surface area contributed by atoms with E-state index in [-0.39, 0.29) is 0 Å². The van der Waals surface area contributed by atoms with Crippen molar-refractivity contribution in [1.82, 2.24) is 20.3 Å². The van der Waals surface area contributed by atoms with Crippen molar-refractivity contribution in [3.05, 3.63) is 29.2 Å². The summed E-state index contributed by atoms with van der Waals surface area (Å²) < 4.78 is 0. The predicted molar refractivity (Wildman–Crippen MR) is 77.1 cm³/mol. The van der Waals surface area contributed by atoms with E-state index in [1.54, 1.807) is 23.9 Å². The van der Waals surface area contributed by atoms with Gasteiger partial charge >= 0.3 is 0 Å². The Hall–Kier alpha value is -1.33. The molecule has 0 saturated heterocycles. The third kappa shape index (κ3) is 2.67. The van der Waals surface area contributed by atoms with Crippen molar-refractivity contribution in [2.24, 2.45) is 0 Å². The summed E-state index contributed by atoms with van der Waals surface area (Å²) in [5.41, 5.74) is 2.18. The van der Waals surface area contributed by atoms with Crippen LogP contribution in [0.3, 0.4) is 0 Å². The summed E-state index contributed by atoms with van der Waals surface area (Å²) in [7, 11) is 0. The van der Waals surface area contributed by atoms with Gasteiger partial charge in [-0.3, -0.25) is 0 Å². The molecule has 5 heteroatoms. The quantitative estimate of drug-likeness (QED) is 0.931. The lowest BCUT2D eigenvalue weighted by Gasteiger charge is -2.22. The Morgan fingerprint density at radius 1 is 1.47 bits per heavy atom. The molecule has 1 atom stereocenters. The lowest BCUT2D eigenvalue weighted by atomic mass is 9.97. The van der Waals surface area contributed by atoms with Crippen LogP contribution in [-0.4, -0.2) is 21.5 Å². The summed E-state index contributed by atoms with van der Waals surface area (Å²) in [6.45, 7) is 3.26. The van der Waals surface area contributed by atoms with E-state index < -0.39 is 0 Å². The number of rotatable bonds is 4. The van der Waals surface area contributed by atoms with Crippen LogP contribution in [0.5, 0.6) is 0 Å². The fraction of sp³-hybridized carbons (Fsp3) is 0.500. The smallest absolute Gasteiger partial charge is 0.142 e. The molecule has 2 heterocycles. The number of aromatic nitrogens is 3. The van der Waals surface area contributed by atoms with Crippen LogP contribution in [0.25, 0.3) is 10.7 Å². The minimum absolute atomic E-state index is 0.426. The van der Waals surface area contributed by atoms with E-state index in [0.717, 1.165) is 30.1 Å². The summed E-state index contributed by atoms with van der Waals surface area (Å²) in [4.78, 5) is 14.5. The van der Waals surface area contributed by atoms with Gasteiger partial charge in [-0.25, -0.2) is 15.0 Å². The molecule has 4 nitrogen and oxygen atoms in total. The Kier molecular flexibility index (Phi) is 3.84. The summed E-state index contributed by atoms with van der Waals surface area (Å²) in [5, 5.41) is 4.63. The van der Waals surface area contributed by atoms with Gasteiger partial charge in [-0.05, 0) is 38.3 Å². The topological polar surface area (TPSA) is 50.7 Å². The maximum Gasteiger partial charge on any atom is 0.142 e. The van der Waals surface area contributed by atoms with E-state index in [0.29, 0.717) is 6.04 Å². The second kappa shape index (κ2) is 5.75. The van der Waals surface area contributed by atoms with Gasteiger partial charge in [0, 0.05) is 11.1 Å². The van der Waals surface area contributed by atoms with Gasteiger partial charge < -0.3 is 5.32 Å². The van der Waals surface area contributed by atoms with Crippen LogP contribution in [0.2, 0.25) is 0 Å². The van der Waals surface area contributed by atoms with Gasteiger partial charge in [0.05, 0.1) is 11.7 Å². The second-order valence-corrected chi connectivity index (χ2v) is 5.90. The second-order valence-electron chi connectivity index (χ2n) is 4.82. The minimum atomic E-state index is 0.426. The van der Waals surface area contributed by atoms with Crippen LogP contribution in [0, 0.1) is 0 Å².